The van der Waals surface area contributed by atoms with Crippen molar-refractivity contribution in [3.63, 3.8) is 0 Å². The lowest BCUT2D eigenvalue weighted by Gasteiger charge is -2.19. The highest BCUT2D eigenvalue weighted by atomic mass is 19.1. The molecule has 1 rings (SSSR count). The lowest BCUT2D eigenvalue weighted by atomic mass is 9.93. The molecular formula is C16H23F2N. The second-order valence-electron chi connectivity index (χ2n) is 5.02. The molecule has 1 aliphatic carbocycles. The van der Waals surface area contributed by atoms with Crippen LogP contribution in [0, 0.1) is 0 Å². The van der Waals surface area contributed by atoms with Crippen molar-refractivity contribution < 1.29 is 8.78 Å². The van der Waals surface area contributed by atoms with Crippen molar-refractivity contribution in [3.05, 3.63) is 47.2 Å². The van der Waals surface area contributed by atoms with Gasteiger partial charge in [-0.25, -0.2) is 8.78 Å². The summed E-state index contributed by atoms with van der Waals surface area (Å²) in [6.45, 7) is 6.04. The summed E-state index contributed by atoms with van der Waals surface area (Å²) < 4.78 is 26.6. The summed E-state index contributed by atoms with van der Waals surface area (Å²) in [5, 5.41) is 0. The second kappa shape index (κ2) is 7.27. The molecular weight excluding hydrogens is 244 g/mol. The van der Waals surface area contributed by atoms with Crippen molar-refractivity contribution >= 4 is 0 Å². The van der Waals surface area contributed by atoms with Gasteiger partial charge in [-0.1, -0.05) is 19.6 Å². The van der Waals surface area contributed by atoms with Gasteiger partial charge < -0.3 is 4.90 Å². The Balaban J connectivity index is 2.66. The molecule has 0 amide bonds. The molecule has 0 aliphatic heterocycles. The fourth-order valence-electron chi connectivity index (χ4n) is 2.18. The largest absolute Gasteiger partial charge is 0.381 e. The topological polar surface area (TPSA) is 3.24 Å². The Hall–Kier alpha value is -1.38. The summed E-state index contributed by atoms with van der Waals surface area (Å²) in [7, 11) is 4.01. The van der Waals surface area contributed by atoms with Gasteiger partial charge in [-0.3, -0.25) is 0 Å². The third-order valence-electron chi connectivity index (χ3n) is 3.31. The number of halogens is 2. The molecule has 3 heteroatoms. The molecule has 0 aromatic rings. The van der Waals surface area contributed by atoms with Crippen LogP contribution in [0.25, 0.3) is 0 Å². The Morgan fingerprint density at radius 2 is 2.00 bits per heavy atom. The first-order valence-electron chi connectivity index (χ1n) is 6.75. The van der Waals surface area contributed by atoms with Crippen LogP contribution in [0.4, 0.5) is 8.78 Å². The Bertz CT molecular complexity index is 428. The van der Waals surface area contributed by atoms with Crippen LogP contribution in [-0.4, -0.2) is 19.0 Å². The first-order chi connectivity index (χ1) is 8.95. The van der Waals surface area contributed by atoms with E-state index in [1.54, 1.807) is 0 Å². The van der Waals surface area contributed by atoms with Gasteiger partial charge >= 0.3 is 0 Å². The minimum absolute atomic E-state index is 0.285. The molecule has 1 nitrogen and oxygen atoms in total. The van der Waals surface area contributed by atoms with E-state index < -0.39 is 5.83 Å². The molecule has 0 N–H and O–H groups in total. The molecule has 0 atom stereocenters. The third kappa shape index (κ3) is 4.66. The molecule has 0 saturated heterocycles. The zero-order valence-electron chi connectivity index (χ0n) is 12.1. The predicted octanol–water partition coefficient (Wildman–Crippen LogP) is 5.05. The van der Waals surface area contributed by atoms with Crippen LogP contribution in [0.3, 0.4) is 0 Å². The van der Waals surface area contributed by atoms with Gasteiger partial charge in [0.2, 0.25) is 0 Å². The first kappa shape index (κ1) is 15.7. The number of allylic oxidation sites excluding steroid dienone is 7. The smallest absolute Gasteiger partial charge is 0.129 e. The summed E-state index contributed by atoms with van der Waals surface area (Å²) in [6, 6.07) is 0. The lowest BCUT2D eigenvalue weighted by molar-refractivity contribution is 0.483. The van der Waals surface area contributed by atoms with Gasteiger partial charge in [-0.2, -0.15) is 0 Å². The quantitative estimate of drug-likeness (QED) is 0.651. The van der Waals surface area contributed by atoms with E-state index in [0.717, 1.165) is 24.5 Å². The first-order valence-corrected chi connectivity index (χ1v) is 6.75. The Labute approximate surface area is 115 Å². The average molecular weight is 267 g/mol. The van der Waals surface area contributed by atoms with E-state index >= 15 is 0 Å². The van der Waals surface area contributed by atoms with Crippen molar-refractivity contribution in [2.24, 2.45) is 0 Å². The van der Waals surface area contributed by atoms with Gasteiger partial charge in [0.15, 0.2) is 0 Å². The summed E-state index contributed by atoms with van der Waals surface area (Å²) in [5.74, 6) is -0.839. The molecule has 0 heterocycles. The molecule has 0 saturated carbocycles. The van der Waals surface area contributed by atoms with Crippen LogP contribution in [0.1, 0.15) is 39.0 Å². The van der Waals surface area contributed by atoms with Crippen LogP contribution < -0.4 is 0 Å². The van der Waals surface area contributed by atoms with E-state index in [1.807, 2.05) is 14.1 Å². The molecule has 0 aromatic heterocycles. The molecule has 1 aliphatic rings. The van der Waals surface area contributed by atoms with Crippen LogP contribution in [0.5, 0.6) is 0 Å². The van der Waals surface area contributed by atoms with Crippen molar-refractivity contribution in [2.45, 2.75) is 39.0 Å². The SMILES string of the molecule is C=C(CC/C(=C\CC)N(C)C)C1=C(F)C=C(F)CC1. The maximum atomic E-state index is 13.7. The maximum absolute atomic E-state index is 13.7. The van der Waals surface area contributed by atoms with Crippen molar-refractivity contribution in [2.75, 3.05) is 14.1 Å². The predicted molar refractivity (Wildman–Crippen MR) is 77.0 cm³/mol. The highest BCUT2D eigenvalue weighted by molar-refractivity contribution is 5.39. The minimum atomic E-state index is -0.459. The van der Waals surface area contributed by atoms with Crippen molar-refractivity contribution in [3.8, 4) is 0 Å². The Morgan fingerprint density at radius 1 is 1.32 bits per heavy atom. The van der Waals surface area contributed by atoms with Gasteiger partial charge in [0, 0.05) is 32.3 Å². The molecule has 0 fully saturated rings. The fraction of sp³-hybridized carbons (Fsp3) is 0.500. The number of rotatable bonds is 6. The summed E-state index contributed by atoms with van der Waals surface area (Å²) in [6.07, 6.45) is 6.38. The van der Waals surface area contributed by atoms with E-state index in [-0.39, 0.29) is 12.2 Å². The third-order valence-corrected chi connectivity index (χ3v) is 3.31. The standard InChI is InChI=1S/C16H23F2N/c1-5-6-14(19(3)4)9-7-12(2)15-10-8-13(17)11-16(15)18/h6,11H,2,5,7-10H2,1,3-4H3/b14-6+. The van der Waals surface area contributed by atoms with Gasteiger partial charge in [0.05, 0.1) is 0 Å². The second-order valence-corrected chi connectivity index (χ2v) is 5.02. The number of hydrogen-bond acceptors (Lipinski definition) is 1. The van der Waals surface area contributed by atoms with Gasteiger partial charge in [0.1, 0.15) is 11.7 Å². The summed E-state index contributed by atoms with van der Waals surface area (Å²) in [5.41, 5.74) is 2.59. The van der Waals surface area contributed by atoms with E-state index in [1.165, 1.54) is 5.70 Å². The molecule has 0 bridgehead atoms. The van der Waals surface area contributed by atoms with Crippen molar-refractivity contribution in [1.29, 1.82) is 0 Å². The van der Waals surface area contributed by atoms with Crippen LogP contribution >= 0.6 is 0 Å². The number of nitrogens with zero attached hydrogens (tertiary/aromatic N) is 1. The Kier molecular flexibility index (Phi) is 6.00. The molecule has 0 unspecified atom stereocenters. The minimum Gasteiger partial charge on any atom is -0.381 e. The molecule has 106 valence electrons. The highest BCUT2D eigenvalue weighted by Gasteiger charge is 2.16. The molecule has 0 aromatic carbocycles. The average Bonchev–Trinajstić information content (AvgIpc) is 2.33. The highest BCUT2D eigenvalue weighted by Crippen LogP contribution is 2.32. The van der Waals surface area contributed by atoms with Crippen LogP contribution in [0.2, 0.25) is 0 Å². The van der Waals surface area contributed by atoms with Crippen LogP contribution in [0.15, 0.2) is 47.2 Å². The van der Waals surface area contributed by atoms with E-state index in [2.05, 4.69) is 24.5 Å². The molecule has 0 spiro atoms. The van der Waals surface area contributed by atoms with Gasteiger partial charge in [-0.15, -0.1) is 0 Å². The number of hydrogen-bond donors (Lipinski definition) is 0. The molecule has 19 heavy (non-hydrogen) atoms. The Morgan fingerprint density at radius 3 is 2.53 bits per heavy atom. The zero-order valence-corrected chi connectivity index (χ0v) is 12.1. The normalized spacial score (nSPS) is 16.5. The van der Waals surface area contributed by atoms with Gasteiger partial charge in [0.25, 0.3) is 0 Å². The van der Waals surface area contributed by atoms with Crippen molar-refractivity contribution in [1.82, 2.24) is 4.90 Å². The monoisotopic (exact) mass is 267 g/mol. The lowest BCUT2D eigenvalue weighted by Crippen LogP contribution is -2.11. The summed E-state index contributed by atoms with van der Waals surface area (Å²) in [4.78, 5) is 2.07. The summed E-state index contributed by atoms with van der Waals surface area (Å²) >= 11 is 0. The fourth-order valence-corrected chi connectivity index (χ4v) is 2.18. The van der Waals surface area contributed by atoms with Crippen LogP contribution in [-0.2, 0) is 0 Å². The van der Waals surface area contributed by atoms with E-state index in [0.29, 0.717) is 18.4 Å². The van der Waals surface area contributed by atoms with Gasteiger partial charge in [-0.05, 0) is 36.8 Å². The zero-order chi connectivity index (χ0) is 14.4. The van der Waals surface area contributed by atoms with E-state index in [4.69, 9.17) is 0 Å². The molecule has 0 radical (unpaired) electrons. The van der Waals surface area contributed by atoms with E-state index in [9.17, 15) is 8.78 Å². The maximum Gasteiger partial charge on any atom is 0.129 e.